The van der Waals surface area contributed by atoms with Crippen LogP contribution in [0.3, 0.4) is 0 Å². The molecule has 6 heteroatoms. The molecule has 3 rings (SSSR count). The van der Waals surface area contributed by atoms with Crippen molar-refractivity contribution in [3.8, 4) is 5.88 Å². The molecule has 30 heavy (non-hydrogen) atoms. The number of aliphatic imine (C=N–C) groups is 1. The molecule has 6 nitrogen and oxygen atoms in total. The van der Waals surface area contributed by atoms with Gasteiger partial charge < -0.3 is 15.4 Å². The Balaban J connectivity index is 1.49. The molecule has 2 atom stereocenters. The quantitative estimate of drug-likeness (QED) is 0.515. The Labute approximate surface area is 180 Å². The van der Waals surface area contributed by atoms with E-state index in [1.807, 2.05) is 19.2 Å². The summed E-state index contributed by atoms with van der Waals surface area (Å²) in [5.41, 5.74) is 2.42. The topological polar surface area (TPSA) is 61.8 Å². The zero-order chi connectivity index (χ0) is 21.2. The lowest BCUT2D eigenvalue weighted by Gasteiger charge is -2.38. The van der Waals surface area contributed by atoms with E-state index in [1.165, 1.54) is 5.56 Å². The summed E-state index contributed by atoms with van der Waals surface area (Å²) >= 11 is 0. The minimum atomic E-state index is 0.419. The number of piperidine rings is 1. The molecule has 1 aromatic heterocycles. The highest BCUT2D eigenvalue weighted by atomic mass is 16.5. The maximum atomic E-state index is 5.76. The van der Waals surface area contributed by atoms with Crippen LogP contribution < -0.4 is 15.4 Å². The predicted octanol–water partition coefficient (Wildman–Crippen LogP) is 3.59. The Hall–Kier alpha value is -2.60. The van der Waals surface area contributed by atoms with Crippen molar-refractivity contribution in [1.82, 2.24) is 20.5 Å². The van der Waals surface area contributed by atoms with E-state index >= 15 is 0 Å². The van der Waals surface area contributed by atoms with Crippen LogP contribution in [0.15, 0.2) is 53.7 Å². The summed E-state index contributed by atoms with van der Waals surface area (Å²) in [4.78, 5) is 11.3. The third kappa shape index (κ3) is 6.46. The summed E-state index contributed by atoms with van der Waals surface area (Å²) in [5.74, 6) is 1.53. The van der Waals surface area contributed by atoms with Gasteiger partial charge >= 0.3 is 0 Å². The lowest BCUT2D eigenvalue weighted by molar-refractivity contribution is 0.134. The summed E-state index contributed by atoms with van der Waals surface area (Å²) in [6.45, 7) is 7.83. The highest BCUT2D eigenvalue weighted by molar-refractivity contribution is 5.80. The standard InChI is InChI=1S/C24H35N5O/c1-4-15-30-23-21(11-8-13-26-23)17-27-24(25-3)28-22-12-14-29(19(2)16-22)18-20-9-6-5-7-10-20/h5-11,13,19,22H,4,12,14-18H2,1-3H3,(H2,25,27,28). The summed E-state index contributed by atoms with van der Waals surface area (Å²) in [6, 6.07) is 15.7. The first-order valence-corrected chi connectivity index (χ1v) is 11.0. The maximum absolute atomic E-state index is 5.76. The molecule has 0 amide bonds. The third-order valence-corrected chi connectivity index (χ3v) is 5.55. The van der Waals surface area contributed by atoms with Crippen molar-refractivity contribution in [2.45, 2.75) is 58.3 Å². The molecule has 1 aromatic carbocycles. The number of nitrogens with zero attached hydrogens (tertiary/aromatic N) is 3. The predicted molar refractivity (Wildman–Crippen MR) is 123 cm³/mol. The fourth-order valence-corrected chi connectivity index (χ4v) is 3.86. The van der Waals surface area contributed by atoms with Gasteiger partial charge in [0.2, 0.25) is 5.88 Å². The second-order valence-corrected chi connectivity index (χ2v) is 7.91. The highest BCUT2D eigenvalue weighted by Crippen LogP contribution is 2.20. The Morgan fingerprint density at radius 3 is 2.80 bits per heavy atom. The fourth-order valence-electron chi connectivity index (χ4n) is 3.86. The Kier molecular flexibility index (Phi) is 8.51. The van der Waals surface area contributed by atoms with Gasteiger partial charge in [-0.2, -0.15) is 0 Å². The minimum Gasteiger partial charge on any atom is -0.477 e. The number of rotatable bonds is 8. The van der Waals surface area contributed by atoms with Gasteiger partial charge in [-0.3, -0.25) is 9.89 Å². The number of aromatic nitrogens is 1. The van der Waals surface area contributed by atoms with E-state index in [-0.39, 0.29) is 0 Å². The highest BCUT2D eigenvalue weighted by Gasteiger charge is 2.26. The largest absolute Gasteiger partial charge is 0.477 e. The van der Waals surface area contributed by atoms with Crippen LogP contribution in [-0.2, 0) is 13.1 Å². The minimum absolute atomic E-state index is 0.419. The van der Waals surface area contributed by atoms with Gasteiger partial charge in [0.1, 0.15) is 0 Å². The van der Waals surface area contributed by atoms with Crippen LogP contribution >= 0.6 is 0 Å². The van der Waals surface area contributed by atoms with Crippen LogP contribution in [0.4, 0.5) is 0 Å². The maximum Gasteiger partial charge on any atom is 0.218 e. The van der Waals surface area contributed by atoms with Crippen molar-refractivity contribution in [2.75, 3.05) is 20.2 Å². The van der Waals surface area contributed by atoms with Crippen LogP contribution in [-0.4, -0.2) is 48.1 Å². The molecule has 2 unspecified atom stereocenters. The van der Waals surface area contributed by atoms with Crippen molar-refractivity contribution in [1.29, 1.82) is 0 Å². The van der Waals surface area contributed by atoms with E-state index in [9.17, 15) is 0 Å². The molecule has 162 valence electrons. The lowest BCUT2D eigenvalue weighted by atomic mass is 9.97. The molecule has 2 N–H and O–H groups in total. The molecule has 0 aliphatic carbocycles. The zero-order valence-corrected chi connectivity index (χ0v) is 18.5. The molecule has 1 fully saturated rings. The van der Waals surface area contributed by atoms with Crippen LogP contribution in [0.1, 0.15) is 44.2 Å². The van der Waals surface area contributed by atoms with Crippen LogP contribution in [0.5, 0.6) is 5.88 Å². The van der Waals surface area contributed by atoms with E-state index in [0.29, 0.717) is 31.1 Å². The average Bonchev–Trinajstić information content (AvgIpc) is 2.78. The van der Waals surface area contributed by atoms with Crippen molar-refractivity contribution >= 4 is 5.96 Å². The first-order valence-electron chi connectivity index (χ1n) is 11.0. The Morgan fingerprint density at radius 1 is 1.23 bits per heavy atom. The number of likely N-dealkylation sites (tertiary alicyclic amines) is 1. The summed E-state index contributed by atoms with van der Waals surface area (Å²) < 4.78 is 5.76. The normalized spacial score (nSPS) is 20.0. The third-order valence-electron chi connectivity index (χ3n) is 5.55. The van der Waals surface area contributed by atoms with Gasteiger partial charge in [0.15, 0.2) is 5.96 Å². The van der Waals surface area contributed by atoms with E-state index in [1.54, 1.807) is 6.20 Å². The van der Waals surface area contributed by atoms with E-state index in [4.69, 9.17) is 4.74 Å². The number of ether oxygens (including phenoxy) is 1. The van der Waals surface area contributed by atoms with Gasteiger partial charge in [-0.1, -0.05) is 43.3 Å². The van der Waals surface area contributed by atoms with E-state index in [2.05, 4.69) is 69.7 Å². The summed E-state index contributed by atoms with van der Waals surface area (Å²) in [7, 11) is 1.82. The molecule has 0 radical (unpaired) electrons. The van der Waals surface area contributed by atoms with Crippen molar-refractivity contribution in [3.05, 3.63) is 59.8 Å². The molecular formula is C24H35N5O. The molecule has 1 aliphatic rings. The summed E-state index contributed by atoms with van der Waals surface area (Å²) in [5, 5.41) is 7.03. The zero-order valence-electron chi connectivity index (χ0n) is 18.5. The van der Waals surface area contributed by atoms with Crippen LogP contribution in [0, 0.1) is 0 Å². The molecule has 2 heterocycles. The van der Waals surface area contributed by atoms with Gasteiger partial charge in [-0.25, -0.2) is 4.98 Å². The van der Waals surface area contributed by atoms with E-state index < -0.39 is 0 Å². The number of guanidine groups is 1. The number of nitrogens with one attached hydrogen (secondary N) is 2. The molecular weight excluding hydrogens is 374 g/mol. The van der Waals surface area contributed by atoms with Gasteiger partial charge in [0.05, 0.1) is 6.61 Å². The van der Waals surface area contributed by atoms with Gasteiger partial charge in [-0.15, -0.1) is 0 Å². The second kappa shape index (κ2) is 11.6. The fraction of sp³-hybridized carbons (Fsp3) is 0.500. The van der Waals surface area contributed by atoms with E-state index in [0.717, 1.165) is 43.9 Å². The molecule has 0 spiro atoms. The van der Waals surface area contributed by atoms with Gasteiger partial charge in [-0.05, 0) is 37.8 Å². The number of hydrogen-bond acceptors (Lipinski definition) is 4. The molecule has 2 aromatic rings. The number of hydrogen-bond donors (Lipinski definition) is 2. The Bertz CT molecular complexity index is 795. The monoisotopic (exact) mass is 409 g/mol. The van der Waals surface area contributed by atoms with Gasteiger partial charge in [0.25, 0.3) is 0 Å². The first kappa shape index (κ1) is 22.1. The van der Waals surface area contributed by atoms with Crippen LogP contribution in [0.2, 0.25) is 0 Å². The Morgan fingerprint density at radius 2 is 2.07 bits per heavy atom. The molecule has 0 bridgehead atoms. The van der Waals surface area contributed by atoms with Crippen molar-refractivity contribution < 1.29 is 4.74 Å². The average molecular weight is 410 g/mol. The molecule has 1 saturated heterocycles. The van der Waals surface area contributed by atoms with Gasteiger partial charge in [0, 0.05) is 50.5 Å². The summed E-state index contributed by atoms with van der Waals surface area (Å²) in [6.07, 6.45) is 4.95. The number of benzene rings is 1. The molecule has 0 saturated carbocycles. The SMILES string of the molecule is CCCOc1ncccc1CNC(=NC)NC1CCN(Cc2ccccc2)C(C)C1. The number of pyridine rings is 1. The van der Waals surface area contributed by atoms with Crippen molar-refractivity contribution in [3.63, 3.8) is 0 Å². The first-order chi connectivity index (χ1) is 14.7. The molecule has 1 aliphatic heterocycles. The van der Waals surface area contributed by atoms with Crippen molar-refractivity contribution in [2.24, 2.45) is 4.99 Å². The second-order valence-electron chi connectivity index (χ2n) is 7.91. The van der Waals surface area contributed by atoms with Crippen LogP contribution in [0.25, 0.3) is 0 Å². The smallest absolute Gasteiger partial charge is 0.218 e. The lowest BCUT2D eigenvalue weighted by Crippen LogP contribution is -2.51.